The molecule has 1 aromatic heterocycles. The number of anilines is 1. The molecule has 0 atom stereocenters. The first-order chi connectivity index (χ1) is 7.66. The maximum absolute atomic E-state index is 13.6. The molecule has 16 heavy (non-hydrogen) atoms. The molecule has 0 aliphatic carbocycles. The lowest BCUT2D eigenvalue weighted by Crippen LogP contribution is -2.00. The van der Waals surface area contributed by atoms with Crippen molar-refractivity contribution in [1.29, 1.82) is 0 Å². The third-order valence-corrected chi connectivity index (χ3v) is 3.50. The summed E-state index contributed by atoms with van der Waals surface area (Å²) in [4.78, 5) is 1.09. The van der Waals surface area contributed by atoms with E-state index in [0.29, 0.717) is 17.8 Å². The molecule has 1 heterocycles. The number of aryl methyl sites for hydroxylation is 1. The average Bonchev–Trinajstić information content (AvgIpc) is 2.67. The standard InChI is InChI=1S/C12H11ClFNS/c1-8-3-2-4-10(12(8)14)15-7-9-5-6-11(13)16-9/h2-6,15H,7H2,1H3. The molecule has 2 aromatic rings. The van der Waals surface area contributed by atoms with Crippen LogP contribution >= 0.6 is 22.9 Å². The van der Waals surface area contributed by atoms with Gasteiger partial charge in [0, 0.05) is 11.4 Å². The first kappa shape index (κ1) is 11.4. The summed E-state index contributed by atoms with van der Waals surface area (Å²) >= 11 is 7.31. The van der Waals surface area contributed by atoms with Crippen molar-refractivity contribution in [2.75, 3.05) is 5.32 Å². The molecule has 0 saturated heterocycles. The number of rotatable bonds is 3. The molecular formula is C12H11ClFNS. The minimum absolute atomic E-state index is 0.190. The lowest BCUT2D eigenvalue weighted by Gasteiger charge is -2.07. The predicted octanol–water partition coefficient (Wildman–Crippen LogP) is 4.46. The molecule has 0 radical (unpaired) electrons. The van der Waals surface area contributed by atoms with Gasteiger partial charge in [-0.1, -0.05) is 23.7 Å². The molecule has 1 nitrogen and oxygen atoms in total. The normalized spacial score (nSPS) is 10.4. The van der Waals surface area contributed by atoms with Crippen LogP contribution in [0.1, 0.15) is 10.4 Å². The van der Waals surface area contributed by atoms with Crippen LogP contribution in [0.4, 0.5) is 10.1 Å². The molecular weight excluding hydrogens is 245 g/mol. The largest absolute Gasteiger partial charge is 0.378 e. The van der Waals surface area contributed by atoms with Crippen molar-refractivity contribution in [2.24, 2.45) is 0 Å². The quantitative estimate of drug-likeness (QED) is 0.854. The predicted molar refractivity (Wildman–Crippen MR) is 67.8 cm³/mol. The maximum atomic E-state index is 13.6. The van der Waals surface area contributed by atoms with E-state index in [4.69, 9.17) is 11.6 Å². The molecule has 0 saturated carbocycles. The summed E-state index contributed by atoms with van der Waals surface area (Å²) in [5.74, 6) is -0.190. The average molecular weight is 256 g/mol. The first-order valence-corrected chi connectivity index (χ1v) is 6.09. The van der Waals surface area contributed by atoms with Gasteiger partial charge in [-0.15, -0.1) is 11.3 Å². The molecule has 2 rings (SSSR count). The highest BCUT2D eigenvalue weighted by Gasteiger charge is 2.04. The molecule has 1 N–H and O–H groups in total. The van der Waals surface area contributed by atoms with Crippen molar-refractivity contribution in [3.8, 4) is 0 Å². The molecule has 4 heteroatoms. The number of nitrogens with one attached hydrogen (secondary N) is 1. The van der Waals surface area contributed by atoms with E-state index >= 15 is 0 Å². The first-order valence-electron chi connectivity index (χ1n) is 4.90. The van der Waals surface area contributed by atoms with Crippen molar-refractivity contribution in [1.82, 2.24) is 0 Å². The molecule has 0 fully saturated rings. The Kier molecular flexibility index (Phi) is 3.46. The number of benzene rings is 1. The van der Waals surface area contributed by atoms with E-state index in [0.717, 1.165) is 9.21 Å². The van der Waals surface area contributed by atoms with Gasteiger partial charge in [0.25, 0.3) is 0 Å². The van der Waals surface area contributed by atoms with E-state index in [9.17, 15) is 4.39 Å². The van der Waals surface area contributed by atoms with Crippen LogP contribution in [0, 0.1) is 12.7 Å². The van der Waals surface area contributed by atoms with E-state index < -0.39 is 0 Å². The van der Waals surface area contributed by atoms with Crippen LogP contribution in [-0.4, -0.2) is 0 Å². The third-order valence-electron chi connectivity index (χ3n) is 2.27. The highest BCUT2D eigenvalue weighted by molar-refractivity contribution is 7.16. The summed E-state index contributed by atoms with van der Waals surface area (Å²) in [6, 6.07) is 9.10. The maximum Gasteiger partial charge on any atom is 0.149 e. The van der Waals surface area contributed by atoms with E-state index in [-0.39, 0.29) is 5.82 Å². The summed E-state index contributed by atoms with van der Waals surface area (Å²) in [5.41, 5.74) is 1.18. The van der Waals surface area contributed by atoms with Crippen molar-refractivity contribution in [2.45, 2.75) is 13.5 Å². The summed E-state index contributed by atoms with van der Waals surface area (Å²) in [6.07, 6.45) is 0. The summed E-state index contributed by atoms with van der Waals surface area (Å²) in [6.45, 7) is 2.35. The zero-order valence-electron chi connectivity index (χ0n) is 8.76. The molecule has 0 amide bonds. The minimum atomic E-state index is -0.190. The van der Waals surface area contributed by atoms with Gasteiger partial charge in [-0.2, -0.15) is 0 Å². The molecule has 1 aromatic carbocycles. The molecule has 84 valence electrons. The molecule has 0 aliphatic rings. The lowest BCUT2D eigenvalue weighted by atomic mass is 10.2. The number of halogens is 2. The van der Waals surface area contributed by atoms with E-state index in [1.807, 2.05) is 18.2 Å². The van der Waals surface area contributed by atoms with Gasteiger partial charge in [-0.25, -0.2) is 4.39 Å². The summed E-state index contributed by atoms with van der Waals surface area (Å²) < 4.78 is 14.4. The summed E-state index contributed by atoms with van der Waals surface area (Å²) in [5, 5.41) is 3.06. The van der Waals surface area contributed by atoms with E-state index in [1.54, 1.807) is 19.1 Å². The van der Waals surface area contributed by atoms with Crippen LogP contribution in [0.2, 0.25) is 4.34 Å². The molecule has 0 spiro atoms. The molecule has 0 unspecified atom stereocenters. The van der Waals surface area contributed by atoms with E-state index in [1.165, 1.54) is 11.3 Å². The van der Waals surface area contributed by atoms with E-state index in [2.05, 4.69) is 5.32 Å². The zero-order valence-corrected chi connectivity index (χ0v) is 10.3. The van der Waals surface area contributed by atoms with Crippen LogP contribution in [0.15, 0.2) is 30.3 Å². The number of hydrogen-bond acceptors (Lipinski definition) is 2. The monoisotopic (exact) mass is 255 g/mol. The van der Waals surface area contributed by atoms with Gasteiger partial charge in [0.15, 0.2) is 0 Å². The van der Waals surface area contributed by atoms with Crippen LogP contribution in [-0.2, 0) is 6.54 Å². The van der Waals surface area contributed by atoms with Gasteiger partial charge in [-0.3, -0.25) is 0 Å². The fraction of sp³-hybridized carbons (Fsp3) is 0.167. The smallest absolute Gasteiger partial charge is 0.149 e. The van der Waals surface area contributed by atoms with Crippen molar-refractivity contribution in [3.05, 3.63) is 50.9 Å². The SMILES string of the molecule is Cc1cccc(NCc2ccc(Cl)s2)c1F. The number of thiophene rings is 1. The molecule has 0 bridgehead atoms. The Morgan fingerprint density at radius 1 is 1.31 bits per heavy atom. The van der Waals surface area contributed by atoms with Gasteiger partial charge in [0.05, 0.1) is 10.0 Å². The Balaban J connectivity index is 2.07. The minimum Gasteiger partial charge on any atom is -0.378 e. The van der Waals surface area contributed by atoms with Gasteiger partial charge in [-0.05, 0) is 30.7 Å². The fourth-order valence-corrected chi connectivity index (χ4v) is 2.44. The molecule has 0 aliphatic heterocycles. The van der Waals surface area contributed by atoms with Crippen molar-refractivity contribution < 1.29 is 4.39 Å². The van der Waals surface area contributed by atoms with Crippen LogP contribution < -0.4 is 5.32 Å². The van der Waals surface area contributed by atoms with Gasteiger partial charge in [0.2, 0.25) is 0 Å². The number of hydrogen-bond donors (Lipinski definition) is 1. The lowest BCUT2D eigenvalue weighted by molar-refractivity contribution is 0.621. The third kappa shape index (κ3) is 2.54. The Labute approximate surface area is 103 Å². The Morgan fingerprint density at radius 2 is 2.12 bits per heavy atom. The Morgan fingerprint density at radius 3 is 2.81 bits per heavy atom. The highest BCUT2D eigenvalue weighted by Crippen LogP contribution is 2.23. The van der Waals surface area contributed by atoms with Crippen LogP contribution in [0.25, 0.3) is 0 Å². The second-order valence-corrected chi connectivity index (χ2v) is 5.30. The summed E-state index contributed by atoms with van der Waals surface area (Å²) in [7, 11) is 0. The Bertz CT molecular complexity index is 496. The van der Waals surface area contributed by atoms with Crippen LogP contribution in [0.5, 0.6) is 0 Å². The van der Waals surface area contributed by atoms with Gasteiger partial charge >= 0.3 is 0 Å². The van der Waals surface area contributed by atoms with Gasteiger partial charge < -0.3 is 5.32 Å². The highest BCUT2D eigenvalue weighted by atomic mass is 35.5. The second-order valence-electron chi connectivity index (χ2n) is 3.50. The van der Waals surface area contributed by atoms with Crippen LogP contribution in [0.3, 0.4) is 0 Å². The zero-order chi connectivity index (χ0) is 11.5. The van der Waals surface area contributed by atoms with Crippen molar-refractivity contribution >= 4 is 28.6 Å². The Hall–Kier alpha value is -1.06. The van der Waals surface area contributed by atoms with Gasteiger partial charge in [0.1, 0.15) is 5.82 Å². The fourth-order valence-electron chi connectivity index (χ4n) is 1.41. The second kappa shape index (κ2) is 4.85. The van der Waals surface area contributed by atoms with Crippen molar-refractivity contribution in [3.63, 3.8) is 0 Å². The topological polar surface area (TPSA) is 12.0 Å².